The molecule has 2 rings (SSSR count). The molecule has 0 radical (unpaired) electrons. The fourth-order valence-electron chi connectivity index (χ4n) is 2.58. The minimum atomic E-state index is -1.04. The molecule has 0 saturated heterocycles. The first-order valence-corrected chi connectivity index (χ1v) is 8.36. The van der Waals surface area contributed by atoms with Crippen molar-refractivity contribution >= 4 is 28.2 Å². The summed E-state index contributed by atoms with van der Waals surface area (Å²) in [6.07, 6.45) is 0.602. The van der Waals surface area contributed by atoms with E-state index in [9.17, 15) is 14.7 Å². The maximum absolute atomic E-state index is 12.1. The van der Waals surface area contributed by atoms with Gasteiger partial charge >= 0.3 is 5.97 Å². The van der Waals surface area contributed by atoms with Gasteiger partial charge in [-0.1, -0.05) is 6.92 Å². The number of aryl methyl sites for hydroxylation is 3. The highest BCUT2D eigenvalue weighted by Gasteiger charge is 2.22. The maximum atomic E-state index is 12.1. The van der Waals surface area contributed by atoms with Crippen molar-refractivity contribution in [1.29, 1.82) is 0 Å². The summed E-state index contributed by atoms with van der Waals surface area (Å²) in [5, 5.41) is 16.6. The Morgan fingerprint density at radius 1 is 1.33 bits per heavy atom. The Kier molecular flexibility index (Phi) is 5.28. The Balaban J connectivity index is 2.12. The summed E-state index contributed by atoms with van der Waals surface area (Å²) >= 11 is 1.27. The van der Waals surface area contributed by atoms with Gasteiger partial charge in [0.05, 0.1) is 11.3 Å². The zero-order chi connectivity index (χ0) is 18.0. The zero-order valence-electron chi connectivity index (χ0n) is 14.4. The summed E-state index contributed by atoms with van der Waals surface area (Å²) in [6, 6.07) is 0. The molecule has 0 atom stereocenters. The monoisotopic (exact) mass is 351 g/mol. The van der Waals surface area contributed by atoms with Gasteiger partial charge in [0.1, 0.15) is 10.7 Å². The number of hydrogen-bond donors (Lipinski definition) is 2. The van der Waals surface area contributed by atoms with Crippen LogP contribution in [0.3, 0.4) is 0 Å². The average molecular weight is 351 g/mol. The van der Waals surface area contributed by atoms with Gasteiger partial charge in [-0.25, -0.2) is 4.79 Å². The molecule has 0 aliphatic rings. The molecule has 7 nitrogen and oxygen atoms in total. The van der Waals surface area contributed by atoms with Crippen molar-refractivity contribution < 1.29 is 19.4 Å². The second-order valence-electron chi connectivity index (χ2n) is 5.46. The van der Waals surface area contributed by atoms with Crippen molar-refractivity contribution in [2.75, 3.05) is 11.9 Å². The zero-order valence-corrected chi connectivity index (χ0v) is 15.2. The highest BCUT2D eigenvalue weighted by Crippen LogP contribution is 2.33. The number of rotatable bonds is 6. The summed E-state index contributed by atoms with van der Waals surface area (Å²) in [6.45, 7) is 7.20. The van der Waals surface area contributed by atoms with Crippen molar-refractivity contribution in [3.8, 4) is 5.75 Å². The standard InChI is InChI=1S/C16H21N3O4S/c1-6-11-10(4)24-15(13(11)16(21)22)17-12(20)7-23-14-8(2)18-19(5)9(14)3/h6-7H2,1-5H3,(H,17,20)(H,21,22). The molecule has 2 aromatic rings. The topological polar surface area (TPSA) is 93.5 Å². The summed E-state index contributed by atoms with van der Waals surface area (Å²) in [5.41, 5.74) is 2.45. The molecule has 24 heavy (non-hydrogen) atoms. The molecule has 130 valence electrons. The van der Waals surface area contributed by atoms with Crippen LogP contribution in [0.25, 0.3) is 0 Å². The van der Waals surface area contributed by atoms with Gasteiger partial charge in [0.15, 0.2) is 12.4 Å². The third-order valence-electron chi connectivity index (χ3n) is 3.82. The van der Waals surface area contributed by atoms with Crippen LogP contribution in [-0.2, 0) is 18.3 Å². The Labute approximate surface area is 144 Å². The van der Waals surface area contributed by atoms with E-state index in [1.54, 1.807) is 18.7 Å². The molecule has 0 aliphatic heterocycles. The quantitative estimate of drug-likeness (QED) is 0.834. The number of ether oxygens (including phenoxy) is 1. The number of amides is 1. The minimum absolute atomic E-state index is 0.169. The summed E-state index contributed by atoms with van der Waals surface area (Å²) < 4.78 is 7.23. The Hall–Kier alpha value is -2.35. The van der Waals surface area contributed by atoms with Crippen LogP contribution in [0.1, 0.15) is 39.1 Å². The highest BCUT2D eigenvalue weighted by molar-refractivity contribution is 7.16. The number of aromatic nitrogens is 2. The number of nitrogens with zero attached hydrogens (tertiary/aromatic N) is 2. The molecule has 0 aromatic carbocycles. The molecule has 0 spiro atoms. The first-order chi connectivity index (χ1) is 11.3. The lowest BCUT2D eigenvalue weighted by molar-refractivity contribution is -0.118. The second-order valence-corrected chi connectivity index (χ2v) is 6.68. The number of nitrogens with one attached hydrogen (secondary N) is 1. The Morgan fingerprint density at radius 2 is 2.00 bits per heavy atom. The molecule has 0 fully saturated rings. The first-order valence-electron chi connectivity index (χ1n) is 7.54. The third kappa shape index (κ3) is 3.43. The summed E-state index contributed by atoms with van der Waals surface area (Å²) in [7, 11) is 1.80. The molecule has 2 aromatic heterocycles. The fraction of sp³-hybridized carbons (Fsp3) is 0.438. The van der Waals surface area contributed by atoms with E-state index in [-0.39, 0.29) is 12.2 Å². The van der Waals surface area contributed by atoms with Crippen LogP contribution in [0.5, 0.6) is 5.75 Å². The largest absolute Gasteiger partial charge is 0.480 e. The normalized spacial score (nSPS) is 10.7. The molecular weight excluding hydrogens is 330 g/mol. The number of hydrogen-bond acceptors (Lipinski definition) is 5. The Morgan fingerprint density at radius 3 is 2.50 bits per heavy atom. The lowest BCUT2D eigenvalue weighted by atomic mass is 10.1. The molecule has 1 amide bonds. The van der Waals surface area contributed by atoms with Crippen molar-refractivity contribution in [2.24, 2.45) is 7.05 Å². The van der Waals surface area contributed by atoms with Gasteiger partial charge in [-0.3, -0.25) is 9.48 Å². The van der Waals surface area contributed by atoms with Crippen molar-refractivity contribution in [2.45, 2.75) is 34.1 Å². The average Bonchev–Trinajstić information content (AvgIpc) is 2.93. The van der Waals surface area contributed by atoms with Crippen LogP contribution in [0.2, 0.25) is 0 Å². The second kappa shape index (κ2) is 7.04. The van der Waals surface area contributed by atoms with E-state index < -0.39 is 11.9 Å². The van der Waals surface area contributed by atoms with Crippen LogP contribution >= 0.6 is 11.3 Å². The number of aromatic carboxylic acids is 1. The summed E-state index contributed by atoms with van der Waals surface area (Å²) in [5.74, 6) is -0.863. The number of carboxylic acids is 1. The van der Waals surface area contributed by atoms with Crippen LogP contribution in [0.15, 0.2) is 0 Å². The van der Waals surface area contributed by atoms with Gasteiger partial charge in [-0.05, 0) is 32.8 Å². The number of thiophene rings is 1. The van der Waals surface area contributed by atoms with Crippen molar-refractivity contribution in [3.05, 3.63) is 27.4 Å². The van der Waals surface area contributed by atoms with E-state index in [4.69, 9.17) is 4.74 Å². The lowest BCUT2D eigenvalue weighted by Gasteiger charge is -2.08. The molecular formula is C16H21N3O4S. The van der Waals surface area contributed by atoms with Gasteiger partial charge in [-0.15, -0.1) is 11.3 Å². The summed E-state index contributed by atoms with van der Waals surface area (Å²) in [4.78, 5) is 24.5. The number of anilines is 1. The van der Waals surface area contributed by atoms with E-state index in [1.807, 2.05) is 20.8 Å². The van der Waals surface area contributed by atoms with Gasteiger partial charge in [0.25, 0.3) is 5.91 Å². The van der Waals surface area contributed by atoms with E-state index in [0.29, 0.717) is 22.9 Å². The molecule has 0 unspecified atom stereocenters. The van der Waals surface area contributed by atoms with Crippen LogP contribution in [0.4, 0.5) is 5.00 Å². The predicted octanol–water partition coefficient (Wildman–Crippen LogP) is 2.68. The van der Waals surface area contributed by atoms with Gasteiger partial charge in [0, 0.05) is 11.9 Å². The van der Waals surface area contributed by atoms with Gasteiger partial charge in [-0.2, -0.15) is 5.10 Å². The van der Waals surface area contributed by atoms with Crippen LogP contribution < -0.4 is 10.1 Å². The first kappa shape index (κ1) is 18.0. The smallest absolute Gasteiger partial charge is 0.339 e. The van der Waals surface area contributed by atoms with E-state index in [2.05, 4.69) is 10.4 Å². The molecule has 0 aliphatic carbocycles. The molecule has 2 N–H and O–H groups in total. The number of carbonyl (C=O) groups is 2. The van der Waals surface area contributed by atoms with Crippen LogP contribution in [0, 0.1) is 20.8 Å². The molecule has 0 bridgehead atoms. The van der Waals surface area contributed by atoms with E-state index >= 15 is 0 Å². The predicted molar refractivity (Wildman–Crippen MR) is 92.2 cm³/mol. The molecule has 8 heteroatoms. The number of carbonyl (C=O) groups excluding carboxylic acids is 1. The molecule has 0 saturated carbocycles. The minimum Gasteiger partial charge on any atom is -0.480 e. The third-order valence-corrected chi connectivity index (χ3v) is 4.88. The highest BCUT2D eigenvalue weighted by atomic mass is 32.1. The SMILES string of the molecule is CCc1c(C)sc(NC(=O)COc2c(C)nn(C)c2C)c1C(=O)O. The van der Waals surface area contributed by atoms with Crippen LogP contribution in [-0.4, -0.2) is 33.4 Å². The van der Waals surface area contributed by atoms with E-state index in [0.717, 1.165) is 16.1 Å². The van der Waals surface area contributed by atoms with Gasteiger partial charge < -0.3 is 15.2 Å². The van der Waals surface area contributed by atoms with Crippen molar-refractivity contribution in [1.82, 2.24) is 9.78 Å². The van der Waals surface area contributed by atoms with Gasteiger partial charge in [0.2, 0.25) is 0 Å². The van der Waals surface area contributed by atoms with Crippen molar-refractivity contribution in [3.63, 3.8) is 0 Å². The maximum Gasteiger partial charge on any atom is 0.339 e. The number of carboxylic acid groups (broad SMARTS) is 1. The fourth-order valence-corrected chi connectivity index (χ4v) is 3.74. The Bertz CT molecular complexity index is 792. The lowest BCUT2D eigenvalue weighted by Crippen LogP contribution is -2.21. The van der Waals surface area contributed by atoms with E-state index in [1.165, 1.54) is 11.3 Å². The molecule has 2 heterocycles.